The van der Waals surface area contributed by atoms with Crippen LogP contribution in [0.1, 0.15) is 60.6 Å². The molecule has 0 aromatic heterocycles. The number of alkyl halides is 1. The van der Waals surface area contributed by atoms with Crippen molar-refractivity contribution < 1.29 is 0 Å². The average Bonchev–Trinajstić information content (AvgIpc) is 3.20. The van der Waals surface area contributed by atoms with Gasteiger partial charge in [0, 0.05) is 0 Å². The van der Waals surface area contributed by atoms with Crippen LogP contribution in [-0.4, -0.2) is 0 Å². The van der Waals surface area contributed by atoms with Gasteiger partial charge in [-0.2, -0.15) is 0 Å². The van der Waals surface area contributed by atoms with E-state index in [2.05, 4.69) is 18.2 Å². The van der Waals surface area contributed by atoms with E-state index >= 15 is 0 Å². The first-order chi connectivity index (χ1) is 9.34. The number of aryl methyl sites for hydroxylation is 2. The molecule has 1 heteroatoms. The van der Waals surface area contributed by atoms with Crippen LogP contribution < -0.4 is 0 Å². The standard InChI is InChI=1S/C18H23Cl/c19-18(17-15-7-3-4-8-16(15)17)14-10-9-12-5-1-2-6-13(12)11-14/h9-11,15-18H,1-8H2. The number of benzene rings is 1. The molecule has 0 radical (unpaired) electrons. The van der Waals surface area contributed by atoms with E-state index in [9.17, 15) is 0 Å². The molecule has 0 amide bonds. The van der Waals surface area contributed by atoms with Crippen molar-refractivity contribution in [3.8, 4) is 0 Å². The Kier molecular flexibility index (Phi) is 3.10. The SMILES string of the molecule is ClC(c1ccc2c(c1)CCCC2)C1C2CCCCC21. The molecule has 0 bridgehead atoms. The Bertz CT molecular complexity index is 467. The van der Waals surface area contributed by atoms with E-state index in [-0.39, 0.29) is 5.38 Å². The van der Waals surface area contributed by atoms with Crippen LogP contribution in [0.5, 0.6) is 0 Å². The van der Waals surface area contributed by atoms with Crippen molar-refractivity contribution in [3.05, 3.63) is 34.9 Å². The summed E-state index contributed by atoms with van der Waals surface area (Å²) >= 11 is 6.82. The van der Waals surface area contributed by atoms with Crippen LogP contribution in [0.3, 0.4) is 0 Å². The average molecular weight is 275 g/mol. The Morgan fingerprint density at radius 2 is 1.58 bits per heavy atom. The molecule has 2 saturated carbocycles. The maximum atomic E-state index is 6.82. The van der Waals surface area contributed by atoms with Gasteiger partial charge in [-0.3, -0.25) is 0 Å². The summed E-state index contributed by atoms with van der Waals surface area (Å²) in [6.45, 7) is 0. The van der Waals surface area contributed by atoms with Crippen molar-refractivity contribution in [2.24, 2.45) is 17.8 Å². The van der Waals surface area contributed by atoms with Gasteiger partial charge in [-0.05, 0) is 73.0 Å². The molecule has 4 rings (SSSR count). The van der Waals surface area contributed by atoms with Crippen molar-refractivity contribution in [3.63, 3.8) is 0 Å². The van der Waals surface area contributed by atoms with Gasteiger partial charge in [0.05, 0.1) is 5.38 Å². The summed E-state index contributed by atoms with van der Waals surface area (Å²) in [5.41, 5.74) is 4.56. The van der Waals surface area contributed by atoms with Crippen molar-refractivity contribution in [1.82, 2.24) is 0 Å². The second-order valence-corrected chi connectivity index (χ2v) is 7.30. The van der Waals surface area contributed by atoms with Crippen molar-refractivity contribution in [1.29, 1.82) is 0 Å². The van der Waals surface area contributed by atoms with E-state index in [1.54, 1.807) is 11.1 Å². The van der Waals surface area contributed by atoms with Crippen LogP contribution in [0.15, 0.2) is 18.2 Å². The summed E-state index contributed by atoms with van der Waals surface area (Å²) in [4.78, 5) is 0. The fraction of sp³-hybridized carbons (Fsp3) is 0.667. The van der Waals surface area contributed by atoms with Gasteiger partial charge in [0.1, 0.15) is 0 Å². The van der Waals surface area contributed by atoms with Crippen LogP contribution in [0, 0.1) is 17.8 Å². The molecule has 3 unspecified atom stereocenters. The highest BCUT2D eigenvalue weighted by molar-refractivity contribution is 6.21. The summed E-state index contributed by atoms with van der Waals surface area (Å²) in [6, 6.07) is 7.09. The van der Waals surface area contributed by atoms with E-state index in [0.29, 0.717) is 0 Å². The highest BCUT2D eigenvalue weighted by Gasteiger charge is 2.53. The number of fused-ring (bicyclic) bond motifs is 2. The lowest BCUT2D eigenvalue weighted by atomic mass is 9.89. The quantitative estimate of drug-likeness (QED) is 0.644. The van der Waals surface area contributed by atoms with Gasteiger partial charge >= 0.3 is 0 Å². The molecule has 19 heavy (non-hydrogen) atoms. The van der Waals surface area contributed by atoms with Crippen LogP contribution in [0.2, 0.25) is 0 Å². The maximum absolute atomic E-state index is 6.82. The summed E-state index contributed by atoms with van der Waals surface area (Å²) in [6.07, 6.45) is 11.0. The third-order valence-corrected chi connectivity index (χ3v) is 6.29. The molecule has 0 spiro atoms. The van der Waals surface area contributed by atoms with Gasteiger partial charge in [0.2, 0.25) is 0 Å². The Hall–Kier alpha value is -0.490. The minimum Gasteiger partial charge on any atom is -0.117 e. The molecular weight excluding hydrogens is 252 g/mol. The Labute approximate surface area is 121 Å². The Morgan fingerprint density at radius 1 is 0.895 bits per heavy atom. The van der Waals surface area contributed by atoms with E-state index < -0.39 is 0 Å². The number of hydrogen-bond acceptors (Lipinski definition) is 0. The fourth-order valence-electron chi connectivity index (χ4n) is 4.63. The Morgan fingerprint density at radius 3 is 2.32 bits per heavy atom. The lowest BCUT2D eigenvalue weighted by Gasteiger charge is -2.18. The predicted molar refractivity (Wildman–Crippen MR) is 80.6 cm³/mol. The summed E-state index contributed by atoms with van der Waals surface area (Å²) in [7, 11) is 0. The first kappa shape index (κ1) is 12.3. The van der Waals surface area contributed by atoms with Gasteiger partial charge in [0.25, 0.3) is 0 Å². The second kappa shape index (κ2) is 4.81. The van der Waals surface area contributed by atoms with E-state index in [1.165, 1.54) is 56.9 Å². The third-order valence-electron chi connectivity index (χ3n) is 5.75. The molecule has 0 N–H and O–H groups in total. The van der Waals surface area contributed by atoms with Crippen LogP contribution >= 0.6 is 11.6 Å². The summed E-state index contributed by atoms with van der Waals surface area (Å²) < 4.78 is 0. The first-order valence-corrected chi connectivity index (χ1v) is 8.54. The Balaban J connectivity index is 1.55. The molecule has 0 saturated heterocycles. The largest absolute Gasteiger partial charge is 0.117 e. The summed E-state index contributed by atoms with van der Waals surface area (Å²) in [5, 5.41) is 0.278. The third kappa shape index (κ3) is 2.13. The summed E-state index contributed by atoms with van der Waals surface area (Å²) in [5.74, 6) is 2.69. The molecular formula is C18H23Cl. The number of halogens is 1. The minimum atomic E-state index is 0.278. The lowest BCUT2D eigenvalue weighted by Crippen LogP contribution is -2.05. The zero-order valence-corrected chi connectivity index (χ0v) is 12.3. The van der Waals surface area contributed by atoms with Gasteiger partial charge < -0.3 is 0 Å². The second-order valence-electron chi connectivity index (χ2n) is 6.83. The van der Waals surface area contributed by atoms with Gasteiger partial charge in [-0.25, -0.2) is 0 Å². The van der Waals surface area contributed by atoms with Crippen LogP contribution in [0.4, 0.5) is 0 Å². The molecule has 1 aromatic rings. The molecule has 0 nitrogen and oxygen atoms in total. The molecule has 3 aliphatic carbocycles. The lowest BCUT2D eigenvalue weighted by molar-refractivity contribution is 0.480. The molecule has 2 fully saturated rings. The highest BCUT2D eigenvalue weighted by Crippen LogP contribution is 2.62. The van der Waals surface area contributed by atoms with Gasteiger partial charge in [-0.15, -0.1) is 11.6 Å². The minimum absolute atomic E-state index is 0.278. The monoisotopic (exact) mass is 274 g/mol. The molecule has 3 aliphatic rings. The number of hydrogen-bond donors (Lipinski definition) is 0. The van der Waals surface area contributed by atoms with Crippen molar-refractivity contribution >= 4 is 11.6 Å². The van der Waals surface area contributed by atoms with E-state index in [0.717, 1.165) is 17.8 Å². The molecule has 3 atom stereocenters. The highest BCUT2D eigenvalue weighted by atomic mass is 35.5. The molecule has 0 heterocycles. The van der Waals surface area contributed by atoms with Crippen molar-refractivity contribution in [2.45, 2.75) is 56.7 Å². The molecule has 0 aliphatic heterocycles. The van der Waals surface area contributed by atoms with Gasteiger partial charge in [0.15, 0.2) is 0 Å². The van der Waals surface area contributed by atoms with Crippen LogP contribution in [0.25, 0.3) is 0 Å². The first-order valence-electron chi connectivity index (χ1n) is 8.10. The van der Waals surface area contributed by atoms with E-state index in [4.69, 9.17) is 11.6 Å². The predicted octanol–water partition coefficient (Wildman–Crippen LogP) is 5.28. The molecule has 1 aromatic carbocycles. The maximum Gasteiger partial charge on any atom is 0.0619 e. The topological polar surface area (TPSA) is 0 Å². The molecule has 102 valence electrons. The fourth-order valence-corrected chi connectivity index (χ4v) is 5.14. The normalized spacial score (nSPS) is 34.3. The smallest absolute Gasteiger partial charge is 0.0619 e. The van der Waals surface area contributed by atoms with Crippen molar-refractivity contribution in [2.75, 3.05) is 0 Å². The van der Waals surface area contributed by atoms with E-state index in [1.807, 2.05) is 0 Å². The van der Waals surface area contributed by atoms with Gasteiger partial charge in [-0.1, -0.05) is 31.0 Å². The zero-order chi connectivity index (χ0) is 12.8. The van der Waals surface area contributed by atoms with Crippen LogP contribution in [-0.2, 0) is 12.8 Å². The zero-order valence-electron chi connectivity index (χ0n) is 11.6. The number of rotatable bonds is 2.